The van der Waals surface area contributed by atoms with Crippen molar-refractivity contribution in [1.29, 1.82) is 0 Å². The van der Waals surface area contributed by atoms with Crippen LogP contribution in [-0.4, -0.2) is 29.0 Å². The number of nitrogens with zero attached hydrogens (tertiary/aromatic N) is 2. The number of aromatic nitrogens is 2. The topological polar surface area (TPSA) is 66.9 Å². The first kappa shape index (κ1) is 15.0. The van der Waals surface area contributed by atoms with E-state index >= 15 is 0 Å². The van der Waals surface area contributed by atoms with Crippen molar-refractivity contribution < 1.29 is 4.79 Å². The van der Waals surface area contributed by atoms with Gasteiger partial charge in [0.2, 0.25) is 0 Å². The van der Waals surface area contributed by atoms with Crippen molar-refractivity contribution in [2.45, 2.75) is 6.92 Å². The summed E-state index contributed by atoms with van der Waals surface area (Å²) >= 11 is 13.0. The molecular weight excluding hydrogens is 319 g/mol. The van der Waals surface area contributed by atoms with E-state index in [1.807, 2.05) is 0 Å². The molecule has 0 spiro atoms. The number of rotatable bonds is 5. The lowest BCUT2D eigenvalue weighted by Crippen LogP contribution is -2.28. The minimum Gasteiger partial charge on any atom is -0.367 e. The van der Waals surface area contributed by atoms with Gasteiger partial charge < -0.3 is 10.6 Å². The smallest absolute Gasteiger partial charge is 0.263 e. The van der Waals surface area contributed by atoms with Gasteiger partial charge in [-0.25, -0.2) is 9.97 Å². The lowest BCUT2D eigenvalue weighted by Gasteiger charge is -2.08. The molecule has 106 valence electrons. The number of nitrogens with one attached hydrogen (secondary N) is 2. The molecule has 0 saturated heterocycles. The number of carbonyl (C=O) groups is 1. The first-order chi connectivity index (χ1) is 9.58. The summed E-state index contributed by atoms with van der Waals surface area (Å²) in [5.41, 5.74) is 2.39. The Morgan fingerprint density at radius 1 is 1.35 bits per heavy atom. The van der Waals surface area contributed by atoms with Crippen LogP contribution in [0.2, 0.25) is 10.0 Å². The highest BCUT2D eigenvalue weighted by Gasteiger charge is 2.10. The van der Waals surface area contributed by atoms with Gasteiger partial charge in [-0.1, -0.05) is 23.2 Å². The molecule has 8 heteroatoms. The molecule has 0 aliphatic heterocycles. The molecule has 1 amide bonds. The molecule has 0 unspecified atom stereocenters. The molecule has 0 saturated carbocycles. The van der Waals surface area contributed by atoms with Crippen LogP contribution in [0.25, 0.3) is 0 Å². The molecule has 0 bridgehead atoms. The molecule has 0 fully saturated rings. The van der Waals surface area contributed by atoms with Crippen LogP contribution in [0.1, 0.15) is 15.4 Å². The van der Waals surface area contributed by atoms with E-state index in [9.17, 15) is 4.79 Å². The summed E-state index contributed by atoms with van der Waals surface area (Å²) in [6.45, 7) is 2.77. The highest BCUT2D eigenvalue weighted by molar-refractivity contribution is 7.11. The van der Waals surface area contributed by atoms with E-state index in [0.29, 0.717) is 33.8 Å². The fourth-order valence-electron chi connectivity index (χ4n) is 1.50. The Hall–Kier alpha value is -1.37. The maximum absolute atomic E-state index is 11.8. The molecular formula is C12H12Cl2N4OS. The van der Waals surface area contributed by atoms with Gasteiger partial charge in [-0.15, -0.1) is 11.3 Å². The fraction of sp³-hybridized carbons (Fsp3) is 0.250. The SMILES string of the molecule is Cc1ncsc1C(=O)NCCNc1ncc(Cl)cc1Cl. The molecule has 2 rings (SSSR count). The number of thiazole rings is 1. The van der Waals surface area contributed by atoms with Gasteiger partial charge >= 0.3 is 0 Å². The number of aryl methyl sites for hydroxylation is 1. The molecule has 2 N–H and O–H groups in total. The lowest BCUT2D eigenvalue weighted by atomic mass is 10.4. The van der Waals surface area contributed by atoms with E-state index in [-0.39, 0.29) is 5.91 Å². The summed E-state index contributed by atoms with van der Waals surface area (Å²) in [6, 6.07) is 1.61. The van der Waals surface area contributed by atoms with E-state index in [1.54, 1.807) is 18.5 Å². The van der Waals surface area contributed by atoms with Gasteiger partial charge in [-0.3, -0.25) is 4.79 Å². The summed E-state index contributed by atoms with van der Waals surface area (Å²) in [7, 11) is 0. The quantitative estimate of drug-likeness (QED) is 0.827. The van der Waals surface area contributed by atoms with E-state index in [0.717, 1.165) is 5.69 Å². The second kappa shape index (κ2) is 6.88. The first-order valence-electron chi connectivity index (χ1n) is 5.81. The summed E-state index contributed by atoms with van der Waals surface area (Å²) in [5.74, 6) is 0.418. The number of halogens is 2. The van der Waals surface area contributed by atoms with Gasteiger partial charge in [0.05, 0.1) is 21.2 Å². The molecule has 0 radical (unpaired) electrons. The second-order valence-electron chi connectivity index (χ2n) is 3.93. The zero-order valence-corrected chi connectivity index (χ0v) is 12.9. The number of amides is 1. The van der Waals surface area contributed by atoms with Crippen LogP contribution in [-0.2, 0) is 0 Å². The minimum atomic E-state index is -0.123. The van der Waals surface area contributed by atoms with E-state index in [2.05, 4.69) is 20.6 Å². The van der Waals surface area contributed by atoms with E-state index < -0.39 is 0 Å². The normalized spacial score (nSPS) is 10.3. The first-order valence-corrected chi connectivity index (χ1v) is 7.44. The van der Waals surface area contributed by atoms with Gasteiger partial charge in [0.25, 0.3) is 5.91 Å². The number of hydrogen-bond acceptors (Lipinski definition) is 5. The maximum Gasteiger partial charge on any atom is 0.263 e. The Kier molecular flexibility index (Phi) is 5.17. The Bertz CT molecular complexity index is 617. The molecule has 0 aromatic carbocycles. The molecule has 2 aromatic rings. The van der Waals surface area contributed by atoms with Gasteiger partial charge in [0.1, 0.15) is 10.7 Å². The average Bonchev–Trinajstić information content (AvgIpc) is 2.83. The maximum atomic E-state index is 11.8. The molecule has 2 heterocycles. The molecule has 0 aliphatic rings. The van der Waals surface area contributed by atoms with Crippen molar-refractivity contribution in [3.63, 3.8) is 0 Å². The Morgan fingerprint density at radius 3 is 2.80 bits per heavy atom. The average molecular weight is 331 g/mol. The van der Waals surface area contributed by atoms with Gasteiger partial charge in [-0.05, 0) is 13.0 Å². The monoisotopic (exact) mass is 330 g/mol. The van der Waals surface area contributed by atoms with Crippen molar-refractivity contribution in [2.24, 2.45) is 0 Å². The Labute approximate surface area is 130 Å². The van der Waals surface area contributed by atoms with Gasteiger partial charge in [0.15, 0.2) is 0 Å². The predicted octanol–water partition coefficient (Wildman–Crippen LogP) is 3.00. The number of carbonyl (C=O) groups excluding carboxylic acids is 1. The van der Waals surface area contributed by atoms with E-state index in [4.69, 9.17) is 23.2 Å². The lowest BCUT2D eigenvalue weighted by molar-refractivity contribution is 0.0958. The summed E-state index contributed by atoms with van der Waals surface area (Å²) in [4.78, 5) is 20.6. The summed E-state index contributed by atoms with van der Waals surface area (Å²) in [5, 5.41) is 6.75. The van der Waals surface area contributed by atoms with Crippen LogP contribution in [0.15, 0.2) is 17.8 Å². The van der Waals surface area contributed by atoms with Crippen LogP contribution < -0.4 is 10.6 Å². The standard InChI is InChI=1S/C12H12Cl2N4OS/c1-7-10(20-6-18-7)12(19)16-3-2-15-11-9(14)4-8(13)5-17-11/h4-6H,2-3H2,1H3,(H,15,17)(H,16,19). The molecule has 0 atom stereocenters. The van der Waals surface area contributed by atoms with Crippen LogP contribution in [0, 0.1) is 6.92 Å². The van der Waals surface area contributed by atoms with Gasteiger partial charge in [-0.2, -0.15) is 0 Å². The molecule has 0 aliphatic carbocycles. The third-order valence-corrected chi connectivity index (χ3v) is 3.88. The fourth-order valence-corrected chi connectivity index (χ4v) is 2.67. The Balaban J connectivity index is 1.79. The van der Waals surface area contributed by atoms with Crippen LogP contribution >= 0.6 is 34.5 Å². The van der Waals surface area contributed by atoms with Crippen molar-refractivity contribution in [2.75, 3.05) is 18.4 Å². The van der Waals surface area contributed by atoms with Crippen molar-refractivity contribution in [1.82, 2.24) is 15.3 Å². The third kappa shape index (κ3) is 3.82. The van der Waals surface area contributed by atoms with Crippen LogP contribution in [0.4, 0.5) is 5.82 Å². The second-order valence-corrected chi connectivity index (χ2v) is 5.63. The predicted molar refractivity (Wildman–Crippen MR) is 81.9 cm³/mol. The third-order valence-electron chi connectivity index (χ3n) is 2.46. The number of anilines is 1. The highest BCUT2D eigenvalue weighted by atomic mass is 35.5. The largest absolute Gasteiger partial charge is 0.367 e. The molecule has 20 heavy (non-hydrogen) atoms. The Morgan fingerprint density at radius 2 is 2.15 bits per heavy atom. The number of hydrogen-bond donors (Lipinski definition) is 2. The zero-order chi connectivity index (χ0) is 14.5. The van der Waals surface area contributed by atoms with Crippen LogP contribution in [0.5, 0.6) is 0 Å². The molecule has 2 aromatic heterocycles. The van der Waals surface area contributed by atoms with Gasteiger partial charge in [0, 0.05) is 19.3 Å². The van der Waals surface area contributed by atoms with Crippen molar-refractivity contribution in [3.8, 4) is 0 Å². The summed E-state index contributed by atoms with van der Waals surface area (Å²) in [6.07, 6.45) is 1.51. The zero-order valence-electron chi connectivity index (χ0n) is 10.6. The van der Waals surface area contributed by atoms with E-state index in [1.165, 1.54) is 17.5 Å². The van der Waals surface area contributed by atoms with Crippen molar-refractivity contribution in [3.05, 3.63) is 38.4 Å². The van der Waals surface area contributed by atoms with Crippen molar-refractivity contribution >= 4 is 46.3 Å². The number of pyridine rings is 1. The summed E-state index contributed by atoms with van der Waals surface area (Å²) < 4.78 is 0. The minimum absolute atomic E-state index is 0.123. The van der Waals surface area contributed by atoms with Crippen LogP contribution in [0.3, 0.4) is 0 Å². The molecule has 5 nitrogen and oxygen atoms in total. The highest BCUT2D eigenvalue weighted by Crippen LogP contribution is 2.22.